The molecule has 61 valence electrons. The molecule has 2 aromatic heterocycles. The minimum atomic E-state index is 0.946. The second-order valence-corrected chi connectivity index (χ2v) is 3.51. The molecule has 0 unspecified atom stereocenters. The zero-order valence-electron chi connectivity index (χ0n) is 6.71. The highest BCUT2D eigenvalue weighted by molar-refractivity contribution is 9.10. The van der Waals surface area contributed by atoms with E-state index in [1.807, 2.05) is 22.7 Å². The monoisotopic (exact) mass is 223 g/mol. The molecule has 0 aliphatic carbocycles. The van der Waals surface area contributed by atoms with E-state index in [4.69, 9.17) is 0 Å². The molecule has 0 saturated heterocycles. The summed E-state index contributed by atoms with van der Waals surface area (Å²) in [5, 5.41) is 0. The first-order chi connectivity index (χ1) is 5.81. The number of imidazole rings is 1. The molecule has 2 nitrogen and oxygen atoms in total. The Labute approximate surface area is 79.4 Å². The summed E-state index contributed by atoms with van der Waals surface area (Å²) in [6.07, 6.45) is 5.95. The summed E-state index contributed by atoms with van der Waals surface area (Å²) in [7, 11) is 0. The van der Waals surface area contributed by atoms with Gasteiger partial charge in [0.15, 0.2) is 0 Å². The van der Waals surface area contributed by atoms with Crippen LogP contribution in [0.15, 0.2) is 22.8 Å². The molecule has 12 heavy (non-hydrogen) atoms. The average molecular weight is 224 g/mol. The smallest absolute Gasteiger partial charge is 0.138 e. The van der Waals surface area contributed by atoms with Crippen LogP contribution >= 0.6 is 15.9 Å². The van der Waals surface area contributed by atoms with Gasteiger partial charge in [-0.1, -0.05) is 22.9 Å². The van der Waals surface area contributed by atoms with E-state index in [9.17, 15) is 0 Å². The normalized spacial score (nSPS) is 10.8. The number of nitrogens with zero attached hydrogens (tertiary/aromatic N) is 2. The van der Waals surface area contributed by atoms with E-state index in [1.54, 1.807) is 0 Å². The summed E-state index contributed by atoms with van der Waals surface area (Å²) in [6.45, 7) is 2.10. The van der Waals surface area contributed by atoms with Gasteiger partial charge in [0.1, 0.15) is 11.8 Å². The molecule has 0 aliphatic rings. The fourth-order valence-corrected chi connectivity index (χ4v) is 1.53. The van der Waals surface area contributed by atoms with Crippen LogP contribution in [0.5, 0.6) is 0 Å². The lowest BCUT2D eigenvalue weighted by molar-refractivity contribution is 0.991. The van der Waals surface area contributed by atoms with Crippen LogP contribution in [0, 0.1) is 6.20 Å². The average Bonchev–Trinajstić information content (AvgIpc) is 2.46. The van der Waals surface area contributed by atoms with Gasteiger partial charge in [0.05, 0.1) is 5.69 Å². The highest BCUT2D eigenvalue weighted by atomic mass is 79.9. The molecule has 0 fully saturated rings. The van der Waals surface area contributed by atoms with Gasteiger partial charge >= 0.3 is 0 Å². The van der Waals surface area contributed by atoms with Gasteiger partial charge in [0.25, 0.3) is 0 Å². The van der Waals surface area contributed by atoms with Gasteiger partial charge in [0.2, 0.25) is 0 Å². The Morgan fingerprint density at radius 3 is 3.25 bits per heavy atom. The van der Waals surface area contributed by atoms with Crippen molar-refractivity contribution in [2.45, 2.75) is 13.3 Å². The number of fused-ring (bicyclic) bond motifs is 1. The van der Waals surface area contributed by atoms with Gasteiger partial charge in [-0.25, -0.2) is 4.98 Å². The number of halogens is 1. The van der Waals surface area contributed by atoms with E-state index in [1.165, 1.54) is 0 Å². The molecular formula is C9H8BrN2. The summed E-state index contributed by atoms with van der Waals surface area (Å²) < 4.78 is 3.10. The SMILES string of the molecule is CCc1[c]nc2cc(Br)ccn12. The van der Waals surface area contributed by atoms with Crippen LogP contribution in [-0.4, -0.2) is 9.38 Å². The number of aryl methyl sites for hydroxylation is 1. The van der Waals surface area contributed by atoms with Gasteiger partial charge in [-0.3, -0.25) is 0 Å². The van der Waals surface area contributed by atoms with E-state index >= 15 is 0 Å². The van der Waals surface area contributed by atoms with Gasteiger partial charge in [-0.15, -0.1) is 0 Å². The van der Waals surface area contributed by atoms with Gasteiger partial charge in [-0.2, -0.15) is 0 Å². The Kier molecular flexibility index (Phi) is 1.89. The third-order valence-corrected chi connectivity index (χ3v) is 2.32. The lowest BCUT2D eigenvalue weighted by Gasteiger charge is -1.97. The van der Waals surface area contributed by atoms with E-state index in [2.05, 4.69) is 34.0 Å². The van der Waals surface area contributed by atoms with Crippen molar-refractivity contribution >= 4 is 21.6 Å². The van der Waals surface area contributed by atoms with Gasteiger partial charge < -0.3 is 4.40 Å². The van der Waals surface area contributed by atoms with E-state index < -0.39 is 0 Å². The Bertz CT molecular complexity index is 406. The minimum Gasteiger partial charge on any atom is -0.303 e. The van der Waals surface area contributed by atoms with Crippen LogP contribution in [-0.2, 0) is 6.42 Å². The molecule has 0 spiro atoms. The summed E-state index contributed by atoms with van der Waals surface area (Å²) in [5.41, 5.74) is 2.07. The molecule has 3 heteroatoms. The summed E-state index contributed by atoms with van der Waals surface area (Å²) >= 11 is 3.40. The molecule has 0 atom stereocenters. The van der Waals surface area contributed by atoms with Crippen molar-refractivity contribution in [2.75, 3.05) is 0 Å². The van der Waals surface area contributed by atoms with Crippen LogP contribution in [0.3, 0.4) is 0 Å². The minimum absolute atomic E-state index is 0.946. The lowest BCUT2D eigenvalue weighted by Crippen LogP contribution is -1.89. The first kappa shape index (κ1) is 7.80. The Morgan fingerprint density at radius 2 is 2.50 bits per heavy atom. The summed E-state index contributed by atoms with van der Waals surface area (Å²) in [4.78, 5) is 4.16. The van der Waals surface area contributed by atoms with Crippen molar-refractivity contribution in [1.29, 1.82) is 0 Å². The molecule has 2 aromatic rings. The molecular weight excluding hydrogens is 216 g/mol. The number of aromatic nitrogens is 2. The Morgan fingerprint density at radius 1 is 1.67 bits per heavy atom. The standard InChI is InChI=1S/C9H8BrN2/c1-2-8-6-11-9-5-7(10)3-4-12(8)9/h3-5H,2H2,1H3. The Balaban J connectivity index is 2.73. The summed E-state index contributed by atoms with van der Waals surface area (Å²) in [5.74, 6) is 0. The molecule has 0 aromatic carbocycles. The third-order valence-electron chi connectivity index (χ3n) is 1.82. The molecule has 0 saturated carbocycles. The number of pyridine rings is 1. The largest absolute Gasteiger partial charge is 0.303 e. The highest BCUT2D eigenvalue weighted by Crippen LogP contribution is 2.13. The molecule has 0 N–H and O–H groups in total. The van der Waals surface area contributed by atoms with Crippen molar-refractivity contribution in [1.82, 2.24) is 9.38 Å². The van der Waals surface area contributed by atoms with Crippen LogP contribution in [0.25, 0.3) is 5.65 Å². The van der Waals surface area contributed by atoms with Crippen molar-refractivity contribution in [3.8, 4) is 0 Å². The van der Waals surface area contributed by atoms with Crippen LogP contribution in [0.1, 0.15) is 12.6 Å². The topological polar surface area (TPSA) is 17.3 Å². The maximum atomic E-state index is 4.16. The number of hydrogen-bond donors (Lipinski definition) is 0. The number of hydrogen-bond acceptors (Lipinski definition) is 1. The third kappa shape index (κ3) is 1.14. The quantitative estimate of drug-likeness (QED) is 0.727. The van der Waals surface area contributed by atoms with Crippen molar-refractivity contribution in [3.63, 3.8) is 0 Å². The summed E-state index contributed by atoms with van der Waals surface area (Å²) in [6, 6.07) is 3.98. The van der Waals surface area contributed by atoms with Gasteiger partial charge in [0, 0.05) is 10.7 Å². The highest BCUT2D eigenvalue weighted by Gasteiger charge is 2.00. The van der Waals surface area contributed by atoms with Crippen molar-refractivity contribution in [3.05, 3.63) is 34.7 Å². The second kappa shape index (κ2) is 2.90. The number of rotatable bonds is 1. The Hall–Kier alpha value is -0.830. The first-order valence-electron chi connectivity index (χ1n) is 3.85. The van der Waals surface area contributed by atoms with E-state index in [-0.39, 0.29) is 0 Å². The van der Waals surface area contributed by atoms with Crippen LogP contribution in [0.4, 0.5) is 0 Å². The van der Waals surface area contributed by atoms with Crippen molar-refractivity contribution in [2.24, 2.45) is 0 Å². The second-order valence-electron chi connectivity index (χ2n) is 2.60. The fourth-order valence-electron chi connectivity index (χ4n) is 1.20. The maximum Gasteiger partial charge on any atom is 0.138 e. The molecule has 0 amide bonds. The van der Waals surface area contributed by atoms with E-state index in [0.717, 1.165) is 22.2 Å². The fraction of sp³-hybridized carbons (Fsp3) is 0.222. The van der Waals surface area contributed by atoms with Crippen LogP contribution < -0.4 is 0 Å². The predicted octanol–water partition coefficient (Wildman–Crippen LogP) is 2.46. The molecule has 0 bridgehead atoms. The predicted molar refractivity (Wildman–Crippen MR) is 51.1 cm³/mol. The molecule has 2 rings (SSSR count). The first-order valence-corrected chi connectivity index (χ1v) is 4.64. The zero-order chi connectivity index (χ0) is 8.55. The maximum absolute atomic E-state index is 4.16. The zero-order valence-corrected chi connectivity index (χ0v) is 8.30. The molecule has 2 heterocycles. The van der Waals surface area contributed by atoms with Crippen molar-refractivity contribution < 1.29 is 0 Å². The lowest BCUT2D eigenvalue weighted by atomic mass is 10.4. The molecule has 1 radical (unpaired) electrons. The van der Waals surface area contributed by atoms with Gasteiger partial charge in [-0.05, 0) is 18.6 Å². The van der Waals surface area contributed by atoms with Crippen LogP contribution in [0.2, 0.25) is 0 Å². The molecule has 0 aliphatic heterocycles. The van der Waals surface area contributed by atoms with E-state index in [0.29, 0.717) is 0 Å².